The minimum absolute atomic E-state index is 0.754. The molecule has 23 heavy (non-hydrogen) atoms. The molecule has 0 aliphatic carbocycles. The number of hydrogen-bond donors (Lipinski definition) is 1. The molecule has 1 saturated heterocycles. The van der Waals surface area contributed by atoms with Crippen LogP contribution in [0.25, 0.3) is 0 Å². The lowest BCUT2D eigenvalue weighted by Gasteiger charge is -2.36. The first-order valence-electron chi connectivity index (χ1n) is 7.62. The first kappa shape index (κ1) is 17.2. The van der Waals surface area contributed by atoms with E-state index in [9.17, 15) is 0 Å². The molecule has 1 aliphatic heterocycles. The second-order valence-electron chi connectivity index (χ2n) is 5.39. The molecule has 2 heterocycles. The van der Waals surface area contributed by atoms with Gasteiger partial charge in [0.25, 0.3) is 0 Å². The predicted molar refractivity (Wildman–Crippen MR) is 103 cm³/mol. The summed E-state index contributed by atoms with van der Waals surface area (Å²) in [6.45, 7) is 5.49. The number of halogens is 1. The van der Waals surface area contributed by atoms with Crippen LogP contribution in [0, 0.1) is 3.95 Å². The Bertz CT molecular complexity index is 679. The van der Waals surface area contributed by atoms with E-state index in [1.165, 1.54) is 12.1 Å². The maximum Gasteiger partial charge on any atom is 0.177 e. The Morgan fingerprint density at radius 3 is 2.83 bits per heavy atom. The monoisotopic (exact) mass is 386 g/mol. The molecule has 4 nitrogen and oxygen atoms in total. The lowest BCUT2D eigenvalue weighted by atomic mass is 10.2. The average Bonchev–Trinajstić information content (AvgIpc) is 2.98. The Kier molecular flexibility index (Phi) is 6.36. The van der Waals surface area contributed by atoms with Gasteiger partial charge in [-0.05, 0) is 43.4 Å². The van der Waals surface area contributed by atoms with Gasteiger partial charge in [0.05, 0.1) is 0 Å². The van der Waals surface area contributed by atoms with Crippen molar-refractivity contribution in [2.75, 3.05) is 43.4 Å². The minimum Gasteiger partial charge on any atom is -0.369 e. The van der Waals surface area contributed by atoms with Crippen LogP contribution in [0.4, 0.5) is 5.69 Å². The maximum absolute atomic E-state index is 6.08. The van der Waals surface area contributed by atoms with Gasteiger partial charge < -0.3 is 4.90 Å². The van der Waals surface area contributed by atoms with Gasteiger partial charge in [-0.25, -0.2) is 0 Å². The highest BCUT2D eigenvalue weighted by Gasteiger charge is 2.16. The van der Waals surface area contributed by atoms with Crippen molar-refractivity contribution in [2.45, 2.75) is 10.8 Å². The van der Waals surface area contributed by atoms with Gasteiger partial charge in [0.1, 0.15) is 0 Å². The zero-order chi connectivity index (χ0) is 16.1. The molecule has 1 aromatic carbocycles. The summed E-state index contributed by atoms with van der Waals surface area (Å²) >= 11 is 14.5. The van der Waals surface area contributed by atoms with Gasteiger partial charge in [0, 0.05) is 42.6 Å². The van der Waals surface area contributed by atoms with E-state index in [1.807, 2.05) is 18.2 Å². The fourth-order valence-corrected chi connectivity index (χ4v) is 4.89. The summed E-state index contributed by atoms with van der Waals surface area (Å²) < 4.78 is 1.80. The summed E-state index contributed by atoms with van der Waals surface area (Å²) in [6.07, 6.45) is 1.17. The molecule has 2 aromatic rings. The zero-order valence-electron chi connectivity index (χ0n) is 12.7. The van der Waals surface area contributed by atoms with E-state index >= 15 is 0 Å². The number of benzene rings is 1. The van der Waals surface area contributed by atoms with Gasteiger partial charge in [-0.15, -0.1) is 0 Å². The normalized spacial score (nSPS) is 16.0. The quantitative estimate of drug-likeness (QED) is 0.458. The van der Waals surface area contributed by atoms with Crippen molar-refractivity contribution in [3.05, 3.63) is 33.2 Å². The van der Waals surface area contributed by atoms with E-state index in [0.29, 0.717) is 0 Å². The number of thioether (sulfide) groups is 1. The SMILES string of the molecule is S=c1[nH]nc(SCCCN2CCN(c3cccc(Cl)c3)CC2)s1. The molecule has 0 radical (unpaired) electrons. The van der Waals surface area contributed by atoms with Gasteiger partial charge in [-0.2, -0.15) is 5.10 Å². The Hall–Kier alpha value is -0.600. The maximum atomic E-state index is 6.08. The first-order chi connectivity index (χ1) is 11.2. The van der Waals surface area contributed by atoms with E-state index in [0.717, 1.165) is 51.8 Å². The molecule has 0 saturated carbocycles. The Morgan fingerprint density at radius 1 is 1.30 bits per heavy atom. The average molecular weight is 387 g/mol. The van der Waals surface area contributed by atoms with Crippen LogP contribution < -0.4 is 4.90 Å². The van der Waals surface area contributed by atoms with E-state index in [-0.39, 0.29) is 0 Å². The fraction of sp³-hybridized carbons (Fsp3) is 0.467. The molecule has 0 atom stereocenters. The van der Waals surface area contributed by atoms with Gasteiger partial charge in [-0.3, -0.25) is 10.00 Å². The molecule has 8 heteroatoms. The largest absolute Gasteiger partial charge is 0.369 e. The predicted octanol–water partition coefficient (Wildman–Crippen LogP) is 4.16. The van der Waals surface area contributed by atoms with Gasteiger partial charge in [0.2, 0.25) is 0 Å². The number of piperazine rings is 1. The summed E-state index contributed by atoms with van der Waals surface area (Å²) in [5, 5.41) is 7.80. The Balaban J connectivity index is 1.37. The zero-order valence-corrected chi connectivity index (χ0v) is 15.9. The van der Waals surface area contributed by atoms with Crippen molar-refractivity contribution in [1.29, 1.82) is 0 Å². The van der Waals surface area contributed by atoms with Crippen LogP contribution >= 0.6 is 46.9 Å². The minimum atomic E-state index is 0.754. The van der Waals surface area contributed by atoms with Crippen LogP contribution in [-0.4, -0.2) is 53.6 Å². The van der Waals surface area contributed by atoms with Crippen molar-refractivity contribution >= 4 is 52.6 Å². The Labute approximate surface area is 154 Å². The third-order valence-corrected chi connectivity index (χ3v) is 6.36. The number of hydrogen-bond acceptors (Lipinski definition) is 6. The van der Waals surface area contributed by atoms with Crippen LogP contribution in [0.3, 0.4) is 0 Å². The van der Waals surface area contributed by atoms with Crippen LogP contribution in [-0.2, 0) is 0 Å². The molecule has 1 N–H and O–H groups in total. The Morgan fingerprint density at radius 2 is 2.13 bits per heavy atom. The summed E-state index contributed by atoms with van der Waals surface area (Å²) in [5.74, 6) is 1.09. The van der Waals surface area contributed by atoms with Gasteiger partial charge >= 0.3 is 0 Å². The van der Waals surface area contributed by atoms with Crippen LogP contribution in [0.15, 0.2) is 28.6 Å². The molecular formula is C15H19ClN4S3. The number of rotatable bonds is 6. The number of aromatic nitrogens is 2. The van der Waals surface area contributed by atoms with Crippen LogP contribution in [0.1, 0.15) is 6.42 Å². The highest BCUT2D eigenvalue weighted by atomic mass is 35.5. The summed E-state index contributed by atoms with van der Waals surface area (Å²) in [6, 6.07) is 8.13. The first-order valence-corrected chi connectivity index (χ1v) is 10.2. The lowest BCUT2D eigenvalue weighted by Crippen LogP contribution is -2.46. The molecule has 124 valence electrons. The number of H-pyrrole nitrogens is 1. The van der Waals surface area contributed by atoms with Crippen LogP contribution in [0.5, 0.6) is 0 Å². The van der Waals surface area contributed by atoms with Gasteiger partial charge in [-0.1, -0.05) is 40.8 Å². The fourth-order valence-electron chi connectivity index (χ4n) is 2.63. The summed E-state index contributed by atoms with van der Waals surface area (Å²) in [7, 11) is 0. The van der Waals surface area contributed by atoms with Crippen LogP contribution in [0.2, 0.25) is 5.02 Å². The van der Waals surface area contributed by atoms with E-state index in [4.69, 9.17) is 23.8 Å². The molecule has 1 fully saturated rings. The standard InChI is InChI=1S/C15H19ClN4S3/c16-12-3-1-4-13(11-12)20-8-6-19(7-9-20)5-2-10-22-15-18-17-14(21)23-15/h1,3-4,11H,2,5-10H2,(H,17,21). The molecular weight excluding hydrogens is 368 g/mol. The number of anilines is 1. The third kappa shape index (κ3) is 5.19. The smallest absolute Gasteiger partial charge is 0.177 e. The van der Waals surface area contributed by atoms with E-state index < -0.39 is 0 Å². The van der Waals surface area contributed by atoms with E-state index in [2.05, 4.69) is 26.1 Å². The molecule has 0 bridgehead atoms. The molecule has 1 aromatic heterocycles. The molecule has 3 rings (SSSR count). The molecule has 1 aliphatic rings. The number of aromatic amines is 1. The second kappa shape index (κ2) is 8.48. The molecule has 0 spiro atoms. The summed E-state index contributed by atoms with van der Waals surface area (Å²) in [5.41, 5.74) is 1.23. The van der Waals surface area contributed by atoms with Crippen molar-refractivity contribution in [2.24, 2.45) is 0 Å². The second-order valence-corrected chi connectivity index (χ2v) is 8.83. The highest BCUT2D eigenvalue weighted by Crippen LogP contribution is 2.22. The van der Waals surface area contributed by atoms with Crippen molar-refractivity contribution < 1.29 is 0 Å². The number of nitrogens with zero attached hydrogens (tertiary/aromatic N) is 3. The molecule has 0 amide bonds. The van der Waals surface area contributed by atoms with Crippen molar-refractivity contribution in [3.63, 3.8) is 0 Å². The van der Waals surface area contributed by atoms with Gasteiger partial charge in [0.15, 0.2) is 8.29 Å². The third-order valence-electron chi connectivity index (χ3n) is 3.81. The number of nitrogens with one attached hydrogen (secondary N) is 1. The van der Waals surface area contributed by atoms with E-state index in [1.54, 1.807) is 23.1 Å². The molecule has 0 unspecified atom stereocenters. The topological polar surface area (TPSA) is 35.2 Å². The summed E-state index contributed by atoms with van der Waals surface area (Å²) in [4.78, 5) is 4.95. The highest BCUT2D eigenvalue weighted by molar-refractivity contribution is 8.01. The van der Waals surface area contributed by atoms with Crippen molar-refractivity contribution in [1.82, 2.24) is 15.1 Å². The lowest BCUT2D eigenvalue weighted by molar-refractivity contribution is 0.259. The van der Waals surface area contributed by atoms with Crippen molar-refractivity contribution in [3.8, 4) is 0 Å².